The maximum Gasteiger partial charge on any atom is 0.305 e. The van der Waals surface area contributed by atoms with E-state index in [1.165, 1.54) is 0 Å². The van der Waals surface area contributed by atoms with Crippen LogP contribution < -0.4 is 0 Å². The van der Waals surface area contributed by atoms with Crippen molar-refractivity contribution in [2.45, 2.75) is 46.6 Å². The van der Waals surface area contributed by atoms with Crippen LogP contribution in [0.4, 0.5) is 0 Å². The fourth-order valence-corrected chi connectivity index (χ4v) is 2.12. The molecule has 0 bridgehead atoms. The molecule has 0 aromatic rings. The lowest BCUT2D eigenvalue weighted by Gasteiger charge is -2.29. The Kier molecular flexibility index (Phi) is 3.59. The van der Waals surface area contributed by atoms with E-state index in [1.54, 1.807) is 13.8 Å². The highest BCUT2D eigenvalue weighted by atomic mass is 16.4. The van der Waals surface area contributed by atoms with Crippen molar-refractivity contribution in [3.8, 4) is 0 Å². The van der Waals surface area contributed by atoms with Crippen LogP contribution in [0.3, 0.4) is 0 Å². The number of carboxylic acid groups (broad SMARTS) is 1. The molecule has 0 aliphatic carbocycles. The lowest BCUT2D eigenvalue weighted by molar-refractivity contribution is -0.147. The van der Waals surface area contributed by atoms with Crippen molar-refractivity contribution in [3.63, 3.8) is 0 Å². The van der Waals surface area contributed by atoms with Gasteiger partial charge in [0.25, 0.3) is 0 Å². The van der Waals surface area contributed by atoms with Crippen LogP contribution in [0, 0.1) is 11.3 Å². The van der Waals surface area contributed by atoms with Crippen LogP contribution in [-0.2, 0) is 14.4 Å². The number of amides is 2. The van der Waals surface area contributed by atoms with Crippen LogP contribution >= 0.6 is 0 Å². The molecule has 96 valence electrons. The fraction of sp³-hybridized carbons (Fsp3) is 0.750. The molecule has 1 aliphatic heterocycles. The molecule has 2 amide bonds. The zero-order chi connectivity index (χ0) is 13.4. The highest BCUT2D eigenvalue weighted by Gasteiger charge is 2.48. The van der Waals surface area contributed by atoms with Gasteiger partial charge in [-0.25, -0.2) is 0 Å². The minimum Gasteiger partial charge on any atom is -0.481 e. The van der Waals surface area contributed by atoms with E-state index in [1.807, 2.05) is 13.8 Å². The van der Waals surface area contributed by atoms with Crippen LogP contribution in [0.25, 0.3) is 0 Å². The average Bonchev–Trinajstić information content (AvgIpc) is 2.33. The molecule has 1 atom stereocenters. The van der Waals surface area contributed by atoms with Crippen LogP contribution in [0.2, 0.25) is 0 Å². The van der Waals surface area contributed by atoms with Gasteiger partial charge in [0, 0.05) is 6.42 Å². The first kappa shape index (κ1) is 13.7. The number of imide groups is 1. The van der Waals surface area contributed by atoms with Crippen molar-refractivity contribution in [3.05, 3.63) is 0 Å². The van der Waals surface area contributed by atoms with Crippen molar-refractivity contribution in [2.75, 3.05) is 0 Å². The fourth-order valence-electron chi connectivity index (χ4n) is 2.12. The molecule has 1 unspecified atom stereocenters. The summed E-state index contributed by atoms with van der Waals surface area (Å²) in [6, 6.07) is -0.547. The van der Waals surface area contributed by atoms with E-state index in [4.69, 9.17) is 5.11 Å². The summed E-state index contributed by atoms with van der Waals surface area (Å²) in [6.45, 7) is 7.07. The number of carboxylic acids is 1. The molecule has 1 fully saturated rings. The smallest absolute Gasteiger partial charge is 0.305 e. The van der Waals surface area contributed by atoms with E-state index in [2.05, 4.69) is 0 Å². The van der Waals surface area contributed by atoms with E-state index < -0.39 is 17.4 Å². The van der Waals surface area contributed by atoms with Gasteiger partial charge in [0.1, 0.15) is 0 Å². The number of hydrogen-bond donors (Lipinski definition) is 1. The second-order valence-corrected chi connectivity index (χ2v) is 5.54. The molecule has 1 rings (SSSR count). The molecule has 5 nitrogen and oxygen atoms in total. The zero-order valence-corrected chi connectivity index (χ0v) is 10.7. The third kappa shape index (κ3) is 2.65. The monoisotopic (exact) mass is 241 g/mol. The predicted molar refractivity (Wildman–Crippen MR) is 61.1 cm³/mol. The van der Waals surface area contributed by atoms with Crippen LogP contribution in [-0.4, -0.2) is 33.8 Å². The summed E-state index contributed by atoms with van der Waals surface area (Å²) >= 11 is 0. The van der Waals surface area contributed by atoms with Gasteiger partial charge in [-0.3, -0.25) is 19.3 Å². The Morgan fingerprint density at radius 2 is 1.94 bits per heavy atom. The van der Waals surface area contributed by atoms with Crippen molar-refractivity contribution in [1.29, 1.82) is 0 Å². The number of aliphatic carboxylic acids is 1. The zero-order valence-electron chi connectivity index (χ0n) is 10.7. The Bertz CT molecular complexity index is 360. The first-order valence-corrected chi connectivity index (χ1v) is 5.75. The Hall–Kier alpha value is -1.39. The van der Waals surface area contributed by atoms with Gasteiger partial charge in [-0.2, -0.15) is 0 Å². The third-order valence-corrected chi connectivity index (χ3v) is 3.14. The lowest BCUT2D eigenvalue weighted by Crippen LogP contribution is -2.45. The predicted octanol–water partition coefficient (Wildman–Crippen LogP) is 1.27. The summed E-state index contributed by atoms with van der Waals surface area (Å²) in [5.41, 5.74) is -0.706. The number of likely N-dealkylation sites (tertiary alicyclic amines) is 1. The normalized spacial score (nSPS) is 21.1. The summed E-state index contributed by atoms with van der Waals surface area (Å²) in [5, 5.41) is 8.85. The Labute approximate surface area is 101 Å². The van der Waals surface area contributed by atoms with Gasteiger partial charge in [-0.15, -0.1) is 0 Å². The Balaban J connectivity index is 2.99. The topological polar surface area (TPSA) is 74.7 Å². The Morgan fingerprint density at radius 3 is 2.24 bits per heavy atom. The van der Waals surface area contributed by atoms with Gasteiger partial charge in [-0.05, 0) is 5.92 Å². The second-order valence-electron chi connectivity index (χ2n) is 5.54. The minimum absolute atomic E-state index is 0.0621. The molecule has 0 spiro atoms. The van der Waals surface area contributed by atoms with E-state index in [0.29, 0.717) is 0 Å². The second kappa shape index (κ2) is 4.47. The van der Waals surface area contributed by atoms with E-state index in [-0.39, 0.29) is 30.6 Å². The van der Waals surface area contributed by atoms with Crippen molar-refractivity contribution in [1.82, 2.24) is 4.90 Å². The first-order valence-electron chi connectivity index (χ1n) is 5.75. The maximum atomic E-state index is 12.1. The van der Waals surface area contributed by atoms with Crippen molar-refractivity contribution < 1.29 is 19.5 Å². The third-order valence-electron chi connectivity index (χ3n) is 3.14. The summed E-state index contributed by atoms with van der Waals surface area (Å²) in [4.78, 5) is 35.9. The van der Waals surface area contributed by atoms with Crippen LogP contribution in [0.5, 0.6) is 0 Å². The molecule has 5 heteroatoms. The Morgan fingerprint density at radius 1 is 1.41 bits per heavy atom. The highest BCUT2D eigenvalue weighted by Crippen LogP contribution is 2.35. The molecule has 1 N–H and O–H groups in total. The van der Waals surface area contributed by atoms with Gasteiger partial charge in [0.05, 0.1) is 17.9 Å². The van der Waals surface area contributed by atoms with Crippen molar-refractivity contribution in [2.24, 2.45) is 11.3 Å². The summed E-state index contributed by atoms with van der Waals surface area (Å²) in [5.74, 6) is -1.58. The molecular formula is C12H19NO4. The summed E-state index contributed by atoms with van der Waals surface area (Å²) in [6.07, 6.45) is -0.0279. The lowest BCUT2D eigenvalue weighted by atomic mass is 9.91. The molecule has 1 saturated heterocycles. The molecule has 17 heavy (non-hydrogen) atoms. The number of hydrogen-bond acceptors (Lipinski definition) is 3. The van der Waals surface area contributed by atoms with Gasteiger partial charge in [0.15, 0.2) is 0 Å². The SMILES string of the molecule is CC(C)C(CC(=O)O)N1C(=O)CC(C)(C)C1=O. The van der Waals surface area contributed by atoms with E-state index in [0.717, 1.165) is 4.90 Å². The first-order chi connectivity index (χ1) is 7.66. The largest absolute Gasteiger partial charge is 0.481 e. The number of carbonyl (C=O) groups is 3. The molecule has 0 saturated carbocycles. The molecular weight excluding hydrogens is 222 g/mol. The number of rotatable bonds is 4. The summed E-state index contributed by atoms with van der Waals surface area (Å²) < 4.78 is 0. The maximum absolute atomic E-state index is 12.1. The molecule has 0 aromatic heterocycles. The molecule has 1 aliphatic rings. The minimum atomic E-state index is -0.992. The van der Waals surface area contributed by atoms with Crippen LogP contribution in [0.15, 0.2) is 0 Å². The van der Waals surface area contributed by atoms with Gasteiger partial charge in [0.2, 0.25) is 11.8 Å². The quantitative estimate of drug-likeness (QED) is 0.752. The van der Waals surface area contributed by atoms with Gasteiger partial charge >= 0.3 is 5.97 Å². The average molecular weight is 241 g/mol. The van der Waals surface area contributed by atoms with Gasteiger partial charge < -0.3 is 5.11 Å². The van der Waals surface area contributed by atoms with E-state index >= 15 is 0 Å². The van der Waals surface area contributed by atoms with Crippen LogP contribution in [0.1, 0.15) is 40.5 Å². The summed E-state index contributed by atoms with van der Waals surface area (Å²) in [7, 11) is 0. The molecule has 0 radical (unpaired) electrons. The van der Waals surface area contributed by atoms with E-state index in [9.17, 15) is 14.4 Å². The van der Waals surface area contributed by atoms with Crippen molar-refractivity contribution >= 4 is 17.8 Å². The van der Waals surface area contributed by atoms with Gasteiger partial charge in [-0.1, -0.05) is 27.7 Å². The standard InChI is InChI=1S/C12H19NO4/c1-7(2)8(5-10(15)16)13-9(14)6-12(3,4)11(13)17/h7-8H,5-6H2,1-4H3,(H,15,16). The highest BCUT2D eigenvalue weighted by molar-refractivity contribution is 6.06. The number of nitrogens with zero attached hydrogens (tertiary/aromatic N) is 1. The number of carbonyl (C=O) groups excluding carboxylic acids is 2. The molecule has 1 heterocycles. The molecule has 0 aromatic carbocycles.